The Balaban J connectivity index is 1.40. The lowest BCUT2D eigenvalue weighted by molar-refractivity contribution is 0.0630. The van der Waals surface area contributed by atoms with Crippen LogP contribution in [0.2, 0.25) is 4.34 Å². The highest BCUT2D eigenvalue weighted by atomic mass is 35.5. The molecule has 6 heteroatoms. The lowest BCUT2D eigenvalue weighted by atomic mass is 10.1. The molecule has 0 atom stereocenters. The number of carbonyl (C=O) groups is 1. The van der Waals surface area contributed by atoms with Gasteiger partial charge in [-0.2, -0.15) is 0 Å². The number of rotatable bonds is 3. The van der Waals surface area contributed by atoms with Crippen molar-refractivity contribution >= 4 is 39.7 Å². The van der Waals surface area contributed by atoms with Gasteiger partial charge in [-0.1, -0.05) is 17.7 Å². The molecule has 3 aromatic rings. The van der Waals surface area contributed by atoms with Crippen molar-refractivity contribution in [3.63, 3.8) is 0 Å². The molecule has 1 aliphatic heterocycles. The summed E-state index contributed by atoms with van der Waals surface area (Å²) in [5.41, 5.74) is 1.65. The van der Waals surface area contributed by atoms with E-state index in [4.69, 9.17) is 11.6 Å². The van der Waals surface area contributed by atoms with Gasteiger partial charge in [-0.15, -0.1) is 11.3 Å². The Morgan fingerprint density at radius 3 is 2.72 bits per heavy atom. The third kappa shape index (κ3) is 3.68. The van der Waals surface area contributed by atoms with Crippen LogP contribution in [0.1, 0.15) is 15.2 Å². The van der Waals surface area contributed by atoms with Gasteiger partial charge in [0.2, 0.25) is 0 Å². The van der Waals surface area contributed by atoms with Gasteiger partial charge in [0, 0.05) is 54.7 Å². The van der Waals surface area contributed by atoms with Crippen LogP contribution < -0.4 is 0 Å². The average molecular weight is 372 g/mol. The Labute approximate surface area is 155 Å². The Bertz CT molecular complexity index is 902. The number of thiophene rings is 1. The molecule has 0 saturated carbocycles. The van der Waals surface area contributed by atoms with Crippen molar-refractivity contribution < 1.29 is 4.79 Å². The maximum atomic E-state index is 12.8. The number of amides is 1. The molecule has 25 heavy (non-hydrogen) atoms. The Morgan fingerprint density at radius 2 is 1.96 bits per heavy atom. The molecule has 1 saturated heterocycles. The lowest BCUT2D eigenvalue weighted by Gasteiger charge is -2.34. The van der Waals surface area contributed by atoms with Gasteiger partial charge in [0.25, 0.3) is 5.91 Å². The predicted octanol–water partition coefficient (Wildman–Crippen LogP) is 3.91. The van der Waals surface area contributed by atoms with E-state index in [0.717, 1.165) is 53.5 Å². The highest BCUT2D eigenvalue weighted by Gasteiger charge is 2.22. The van der Waals surface area contributed by atoms with Gasteiger partial charge in [-0.3, -0.25) is 14.7 Å². The second kappa shape index (κ2) is 7.12. The molecule has 128 valence electrons. The fourth-order valence-electron chi connectivity index (χ4n) is 3.16. The van der Waals surface area contributed by atoms with Gasteiger partial charge < -0.3 is 4.90 Å². The van der Waals surface area contributed by atoms with Crippen LogP contribution in [0.15, 0.2) is 48.7 Å². The van der Waals surface area contributed by atoms with Crippen LogP contribution in [0.5, 0.6) is 0 Å². The first-order valence-corrected chi connectivity index (χ1v) is 9.49. The monoisotopic (exact) mass is 371 g/mol. The van der Waals surface area contributed by atoms with Crippen molar-refractivity contribution in [3.05, 3.63) is 63.4 Å². The molecular weight excluding hydrogens is 354 g/mol. The van der Waals surface area contributed by atoms with E-state index >= 15 is 0 Å². The van der Waals surface area contributed by atoms with E-state index in [0.29, 0.717) is 0 Å². The molecule has 0 bridgehead atoms. The van der Waals surface area contributed by atoms with E-state index in [-0.39, 0.29) is 5.91 Å². The SMILES string of the molecule is O=C(c1ccc2ncccc2c1)N1CCN(Cc2ccc(Cl)s2)CC1. The summed E-state index contributed by atoms with van der Waals surface area (Å²) in [6.45, 7) is 4.18. The molecular formula is C19H18ClN3OS. The second-order valence-corrected chi connectivity index (χ2v) is 7.98. The van der Waals surface area contributed by atoms with E-state index in [9.17, 15) is 4.79 Å². The molecule has 1 aliphatic rings. The second-order valence-electron chi connectivity index (χ2n) is 6.19. The zero-order chi connectivity index (χ0) is 17.2. The largest absolute Gasteiger partial charge is 0.336 e. The number of piperazine rings is 1. The molecule has 0 aliphatic carbocycles. The standard InChI is InChI=1S/C19H18ClN3OS/c20-18-6-4-16(25-18)13-22-8-10-23(11-9-22)19(24)15-3-5-17-14(12-15)2-1-7-21-17/h1-7,12H,8-11,13H2. The molecule has 0 N–H and O–H groups in total. The quantitative estimate of drug-likeness (QED) is 0.700. The van der Waals surface area contributed by atoms with Crippen LogP contribution in [0.25, 0.3) is 10.9 Å². The van der Waals surface area contributed by atoms with Crippen molar-refractivity contribution in [1.29, 1.82) is 0 Å². The van der Waals surface area contributed by atoms with Crippen LogP contribution in [0, 0.1) is 0 Å². The van der Waals surface area contributed by atoms with Crippen molar-refractivity contribution in [1.82, 2.24) is 14.8 Å². The average Bonchev–Trinajstić information content (AvgIpc) is 3.06. The summed E-state index contributed by atoms with van der Waals surface area (Å²) < 4.78 is 0.828. The number of benzene rings is 1. The van der Waals surface area contributed by atoms with Crippen molar-refractivity contribution in [2.75, 3.05) is 26.2 Å². The van der Waals surface area contributed by atoms with Crippen LogP contribution in [-0.2, 0) is 6.54 Å². The molecule has 2 aromatic heterocycles. The summed E-state index contributed by atoms with van der Waals surface area (Å²) in [4.78, 5) is 22.7. The number of carbonyl (C=O) groups excluding carboxylic acids is 1. The van der Waals surface area contributed by atoms with Crippen molar-refractivity contribution in [3.8, 4) is 0 Å². The smallest absolute Gasteiger partial charge is 0.253 e. The van der Waals surface area contributed by atoms with Gasteiger partial charge in [-0.25, -0.2) is 0 Å². The third-order valence-corrected chi connectivity index (χ3v) is 5.73. The van der Waals surface area contributed by atoms with Crippen LogP contribution >= 0.6 is 22.9 Å². The van der Waals surface area contributed by atoms with Crippen molar-refractivity contribution in [2.45, 2.75) is 6.54 Å². The maximum Gasteiger partial charge on any atom is 0.253 e. The minimum absolute atomic E-state index is 0.101. The number of nitrogens with zero attached hydrogens (tertiary/aromatic N) is 3. The number of halogens is 1. The normalized spacial score (nSPS) is 15.6. The minimum Gasteiger partial charge on any atom is -0.336 e. The molecule has 3 heterocycles. The fourth-order valence-corrected chi connectivity index (χ4v) is 4.29. The Morgan fingerprint density at radius 1 is 1.12 bits per heavy atom. The summed E-state index contributed by atoms with van der Waals surface area (Å²) >= 11 is 7.62. The van der Waals surface area contributed by atoms with Gasteiger partial charge >= 0.3 is 0 Å². The number of pyridine rings is 1. The van der Waals surface area contributed by atoms with Crippen LogP contribution in [-0.4, -0.2) is 46.9 Å². The van der Waals surface area contributed by atoms with E-state index in [1.165, 1.54) is 4.88 Å². The molecule has 1 fully saturated rings. The number of hydrogen-bond donors (Lipinski definition) is 0. The molecule has 0 radical (unpaired) electrons. The maximum absolute atomic E-state index is 12.8. The summed E-state index contributed by atoms with van der Waals surface area (Å²) in [6, 6.07) is 13.6. The van der Waals surface area contributed by atoms with Gasteiger partial charge in [-0.05, 0) is 36.4 Å². The molecule has 1 aromatic carbocycles. The third-order valence-electron chi connectivity index (χ3n) is 4.52. The molecule has 0 unspecified atom stereocenters. The lowest BCUT2D eigenvalue weighted by Crippen LogP contribution is -2.48. The first kappa shape index (κ1) is 16.5. The molecule has 1 amide bonds. The highest BCUT2D eigenvalue weighted by Crippen LogP contribution is 2.23. The zero-order valence-electron chi connectivity index (χ0n) is 13.7. The first-order valence-electron chi connectivity index (χ1n) is 8.30. The predicted molar refractivity (Wildman–Crippen MR) is 102 cm³/mol. The van der Waals surface area contributed by atoms with Gasteiger partial charge in [0.15, 0.2) is 0 Å². The topological polar surface area (TPSA) is 36.4 Å². The van der Waals surface area contributed by atoms with Crippen LogP contribution in [0.3, 0.4) is 0 Å². The molecule has 0 spiro atoms. The number of hydrogen-bond acceptors (Lipinski definition) is 4. The Hall–Kier alpha value is -1.95. The summed E-state index contributed by atoms with van der Waals surface area (Å²) in [5.74, 6) is 0.101. The van der Waals surface area contributed by atoms with Crippen molar-refractivity contribution in [2.24, 2.45) is 0 Å². The van der Waals surface area contributed by atoms with E-state index < -0.39 is 0 Å². The Kier molecular flexibility index (Phi) is 4.70. The summed E-state index contributed by atoms with van der Waals surface area (Å²) in [6.07, 6.45) is 1.77. The summed E-state index contributed by atoms with van der Waals surface area (Å²) in [5, 5.41) is 1.00. The summed E-state index contributed by atoms with van der Waals surface area (Å²) in [7, 11) is 0. The van der Waals surface area contributed by atoms with E-state index in [1.807, 2.05) is 41.3 Å². The zero-order valence-corrected chi connectivity index (χ0v) is 15.3. The van der Waals surface area contributed by atoms with E-state index in [2.05, 4.69) is 16.0 Å². The van der Waals surface area contributed by atoms with Gasteiger partial charge in [0.05, 0.1) is 9.85 Å². The number of aromatic nitrogens is 1. The van der Waals surface area contributed by atoms with Crippen LogP contribution in [0.4, 0.5) is 0 Å². The fraction of sp³-hybridized carbons (Fsp3) is 0.263. The minimum atomic E-state index is 0.101. The van der Waals surface area contributed by atoms with Gasteiger partial charge in [0.1, 0.15) is 0 Å². The highest BCUT2D eigenvalue weighted by molar-refractivity contribution is 7.16. The first-order chi connectivity index (χ1) is 12.2. The molecule has 4 rings (SSSR count). The number of fused-ring (bicyclic) bond motifs is 1. The molecule has 4 nitrogen and oxygen atoms in total. The van der Waals surface area contributed by atoms with E-state index in [1.54, 1.807) is 17.5 Å².